The molecule has 0 bridgehead atoms. The van der Waals surface area contributed by atoms with Crippen molar-refractivity contribution in [2.24, 2.45) is 4.99 Å². The minimum Gasteiger partial charge on any atom is -0.297 e. The highest BCUT2D eigenvalue weighted by molar-refractivity contribution is 5.71. The standard InChI is InChI=1S/C10H12N2/c1-10(9-11)7-5-3-4-6-8-12-2/h3-6,8H,1,7H2,2H3/b5-3-,6-4-,12-8-. The summed E-state index contributed by atoms with van der Waals surface area (Å²) in [5.74, 6) is 0. The minimum absolute atomic E-state index is 0.573. The second kappa shape index (κ2) is 7.49. The Kier molecular flexibility index (Phi) is 6.48. The Labute approximate surface area is 73.2 Å². The van der Waals surface area contributed by atoms with Crippen LogP contribution in [-0.2, 0) is 0 Å². The van der Waals surface area contributed by atoms with Gasteiger partial charge in [-0.1, -0.05) is 24.8 Å². The molecule has 0 heterocycles. The van der Waals surface area contributed by atoms with Gasteiger partial charge in [-0.25, -0.2) is 0 Å². The SMILES string of the molecule is C=C(C#N)C\C=C/C=C\C=N/C. The van der Waals surface area contributed by atoms with Crippen LogP contribution in [0, 0.1) is 11.3 Å². The van der Waals surface area contributed by atoms with Gasteiger partial charge in [0.2, 0.25) is 0 Å². The Morgan fingerprint density at radius 2 is 2.25 bits per heavy atom. The van der Waals surface area contributed by atoms with Crippen LogP contribution in [0.4, 0.5) is 0 Å². The molecule has 62 valence electrons. The lowest BCUT2D eigenvalue weighted by Gasteiger charge is -1.83. The molecule has 0 saturated heterocycles. The van der Waals surface area contributed by atoms with Crippen LogP contribution in [0.15, 0.2) is 41.4 Å². The van der Waals surface area contributed by atoms with Gasteiger partial charge in [-0.3, -0.25) is 4.99 Å². The normalized spacial score (nSPS) is 11.3. The van der Waals surface area contributed by atoms with Gasteiger partial charge in [-0.05, 0) is 6.08 Å². The monoisotopic (exact) mass is 160 g/mol. The number of hydrogen-bond acceptors (Lipinski definition) is 2. The number of aliphatic imine (C=N–C) groups is 1. The van der Waals surface area contributed by atoms with Crippen LogP contribution in [0.2, 0.25) is 0 Å². The number of rotatable bonds is 4. The molecule has 2 heteroatoms. The molecule has 0 fully saturated rings. The maximum atomic E-state index is 8.35. The van der Waals surface area contributed by atoms with E-state index in [0.717, 1.165) is 0 Å². The lowest BCUT2D eigenvalue weighted by Crippen LogP contribution is -1.69. The van der Waals surface area contributed by atoms with Crippen LogP contribution in [0.25, 0.3) is 0 Å². The first-order chi connectivity index (χ1) is 5.81. The fourth-order valence-corrected chi connectivity index (χ4v) is 0.534. The Hall–Kier alpha value is -1.62. The molecule has 0 amide bonds. The zero-order valence-corrected chi connectivity index (χ0v) is 7.20. The molecule has 0 aromatic rings. The highest BCUT2D eigenvalue weighted by Gasteiger charge is 1.82. The first kappa shape index (κ1) is 10.4. The number of hydrogen-bond donors (Lipinski definition) is 0. The van der Waals surface area contributed by atoms with Gasteiger partial charge >= 0.3 is 0 Å². The quantitative estimate of drug-likeness (QED) is 0.353. The minimum atomic E-state index is 0.573. The zero-order chi connectivity index (χ0) is 9.23. The summed E-state index contributed by atoms with van der Waals surface area (Å²) in [7, 11) is 1.71. The molecule has 0 radical (unpaired) electrons. The molecule has 0 saturated carbocycles. The summed E-state index contributed by atoms with van der Waals surface area (Å²) >= 11 is 0. The van der Waals surface area contributed by atoms with Crippen molar-refractivity contribution in [1.29, 1.82) is 5.26 Å². The van der Waals surface area contributed by atoms with E-state index in [0.29, 0.717) is 12.0 Å². The highest BCUT2D eigenvalue weighted by atomic mass is 14.6. The van der Waals surface area contributed by atoms with Crippen LogP contribution >= 0.6 is 0 Å². The van der Waals surface area contributed by atoms with E-state index in [-0.39, 0.29) is 0 Å². The first-order valence-corrected chi connectivity index (χ1v) is 3.63. The predicted octanol–water partition coefficient (Wildman–Crippen LogP) is 2.27. The maximum Gasteiger partial charge on any atom is 0.0944 e. The van der Waals surface area contributed by atoms with Gasteiger partial charge in [0.05, 0.1) is 6.07 Å². The Bertz CT molecular complexity index is 252. The van der Waals surface area contributed by atoms with Gasteiger partial charge in [0.15, 0.2) is 0 Å². The van der Waals surface area contributed by atoms with Crippen molar-refractivity contribution >= 4 is 6.21 Å². The molecular formula is C10H12N2. The van der Waals surface area contributed by atoms with E-state index < -0.39 is 0 Å². The van der Waals surface area contributed by atoms with E-state index in [1.807, 2.05) is 30.4 Å². The van der Waals surface area contributed by atoms with E-state index in [1.54, 1.807) is 13.3 Å². The summed E-state index contributed by atoms with van der Waals surface area (Å²) in [4.78, 5) is 3.77. The van der Waals surface area contributed by atoms with Crippen molar-refractivity contribution < 1.29 is 0 Å². The summed E-state index contributed by atoms with van der Waals surface area (Å²) in [5.41, 5.74) is 0.573. The van der Waals surface area contributed by atoms with Crippen LogP contribution < -0.4 is 0 Å². The molecule has 0 aliphatic rings. The highest BCUT2D eigenvalue weighted by Crippen LogP contribution is 1.95. The van der Waals surface area contributed by atoms with Crippen LogP contribution in [0.3, 0.4) is 0 Å². The van der Waals surface area contributed by atoms with Crippen LogP contribution in [-0.4, -0.2) is 13.3 Å². The third-order valence-electron chi connectivity index (χ3n) is 1.12. The maximum absolute atomic E-state index is 8.35. The molecule has 12 heavy (non-hydrogen) atoms. The fraction of sp³-hybridized carbons (Fsp3) is 0.200. The van der Waals surface area contributed by atoms with Crippen molar-refractivity contribution in [2.75, 3.05) is 7.05 Å². The van der Waals surface area contributed by atoms with Crippen molar-refractivity contribution in [1.82, 2.24) is 0 Å². The molecule has 0 N–H and O–H groups in total. The smallest absolute Gasteiger partial charge is 0.0944 e. The topological polar surface area (TPSA) is 36.1 Å². The first-order valence-electron chi connectivity index (χ1n) is 3.63. The summed E-state index contributed by atoms with van der Waals surface area (Å²) < 4.78 is 0. The second-order valence-electron chi connectivity index (χ2n) is 2.14. The number of allylic oxidation sites excluding steroid dienone is 5. The lowest BCUT2D eigenvalue weighted by molar-refractivity contribution is 1.29. The lowest BCUT2D eigenvalue weighted by atomic mass is 10.2. The molecular weight excluding hydrogens is 148 g/mol. The second-order valence-corrected chi connectivity index (χ2v) is 2.14. The summed E-state index contributed by atoms with van der Waals surface area (Å²) in [5, 5.41) is 8.35. The molecule has 0 aromatic carbocycles. The van der Waals surface area contributed by atoms with Gasteiger partial charge < -0.3 is 0 Å². The van der Waals surface area contributed by atoms with E-state index in [9.17, 15) is 0 Å². The largest absolute Gasteiger partial charge is 0.297 e. The molecule has 0 aliphatic heterocycles. The molecule has 0 aliphatic carbocycles. The fourth-order valence-electron chi connectivity index (χ4n) is 0.534. The van der Waals surface area contributed by atoms with Crippen LogP contribution in [0.5, 0.6) is 0 Å². The average molecular weight is 160 g/mol. The van der Waals surface area contributed by atoms with Crippen molar-refractivity contribution in [3.05, 3.63) is 36.5 Å². The van der Waals surface area contributed by atoms with Gasteiger partial charge in [-0.15, -0.1) is 0 Å². The third kappa shape index (κ3) is 6.50. The molecule has 0 rings (SSSR count). The van der Waals surface area contributed by atoms with Gasteiger partial charge in [0.1, 0.15) is 0 Å². The Morgan fingerprint density at radius 1 is 1.50 bits per heavy atom. The van der Waals surface area contributed by atoms with E-state index in [4.69, 9.17) is 5.26 Å². The third-order valence-corrected chi connectivity index (χ3v) is 1.12. The van der Waals surface area contributed by atoms with E-state index >= 15 is 0 Å². The molecule has 0 aromatic heterocycles. The summed E-state index contributed by atoms with van der Waals surface area (Å²) in [6.07, 6.45) is 9.74. The van der Waals surface area contributed by atoms with E-state index in [1.165, 1.54) is 0 Å². The van der Waals surface area contributed by atoms with Crippen molar-refractivity contribution in [3.63, 3.8) is 0 Å². The number of nitriles is 1. The van der Waals surface area contributed by atoms with Gasteiger partial charge in [0, 0.05) is 25.3 Å². The predicted molar refractivity (Wildman–Crippen MR) is 52.1 cm³/mol. The Morgan fingerprint density at radius 3 is 2.83 bits per heavy atom. The number of nitrogens with zero attached hydrogens (tertiary/aromatic N) is 2. The van der Waals surface area contributed by atoms with Crippen molar-refractivity contribution in [3.8, 4) is 6.07 Å². The van der Waals surface area contributed by atoms with Gasteiger partial charge in [-0.2, -0.15) is 5.26 Å². The van der Waals surface area contributed by atoms with Crippen molar-refractivity contribution in [2.45, 2.75) is 6.42 Å². The zero-order valence-electron chi connectivity index (χ0n) is 7.20. The average Bonchev–Trinajstić information content (AvgIpc) is 2.10. The molecule has 2 nitrogen and oxygen atoms in total. The van der Waals surface area contributed by atoms with E-state index in [2.05, 4.69) is 11.6 Å². The molecule has 0 atom stereocenters. The van der Waals surface area contributed by atoms with Gasteiger partial charge in [0.25, 0.3) is 0 Å². The molecule has 0 spiro atoms. The summed E-state index contributed by atoms with van der Waals surface area (Å²) in [6.45, 7) is 3.54. The Balaban J connectivity index is 3.65. The molecule has 0 unspecified atom stereocenters. The summed E-state index contributed by atoms with van der Waals surface area (Å²) in [6, 6.07) is 1.97. The van der Waals surface area contributed by atoms with Crippen LogP contribution in [0.1, 0.15) is 6.42 Å².